The monoisotopic (exact) mass is 686 g/mol. The molecule has 0 rings (SSSR count). The molecular weight excluding hydrogens is 602 g/mol. The lowest BCUT2D eigenvalue weighted by Gasteiger charge is -2.19. The Labute approximate surface area is 305 Å². The first kappa shape index (κ1) is 47.4. The maximum atomic E-state index is 12.3. The van der Waals surface area contributed by atoms with Gasteiger partial charge < -0.3 is 15.5 Å². The van der Waals surface area contributed by atoms with Crippen LogP contribution in [0.3, 0.4) is 0 Å². The van der Waals surface area contributed by atoms with Crippen molar-refractivity contribution in [1.82, 2.24) is 5.32 Å². The second-order valence-electron chi connectivity index (χ2n) is 14.4. The van der Waals surface area contributed by atoms with E-state index >= 15 is 0 Å². The quantitative estimate of drug-likeness (QED) is 0.0447. The summed E-state index contributed by atoms with van der Waals surface area (Å²) < 4.78 is 0. The second-order valence-corrected chi connectivity index (χ2v) is 14.4. The normalized spacial score (nSPS) is 13.5. The highest BCUT2D eigenvalue weighted by Crippen LogP contribution is 2.15. The van der Waals surface area contributed by atoms with Crippen molar-refractivity contribution in [2.75, 3.05) is 6.61 Å². The lowest BCUT2D eigenvalue weighted by molar-refractivity contribution is -0.123. The van der Waals surface area contributed by atoms with E-state index in [1.54, 1.807) is 6.08 Å². The third-order valence-corrected chi connectivity index (χ3v) is 9.61. The summed E-state index contributed by atoms with van der Waals surface area (Å²) in [5.41, 5.74) is 0. The van der Waals surface area contributed by atoms with Gasteiger partial charge in [0.05, 0.1) is 18.8 Å². The molecule has 0 aliphatic carbocycles. The Morgan fingerprint density at radius 3 is 1.31 bits per heavy atom. The molecular formula is C45H83NO3. The van der Waals surface area contributed by atoms with Crippen LogP contribution in [0.5, 0.6) is 0 Å². The fourth-order valence-corrected chi connectivity index (χ4v) is 6.33. The van der Waals surface area contributed by atoms with Gasteiger partial charge in [-0.2, -0.15) is 0 Å². The predicted octanol–water partition coefficient (Wildman–Crippen LogP) is 13.2. The maximum absolute atomic E-state index is 12.3. The molecule has 0 radical (unpaired) electrons. The van der Waals surface area contributed by atoms with Gasteiger partial charge in [0.25, 0.3) is 0 Å². The fraction of sp³-hybridized carbons (Fsp3) is 0.800. The van der Waals surface area contributed by atoms with Gasteiger partial charge in [-0.05, 0) is 64.7 Å². The standard InChI is InChI=1S/C45H83NO3/c1-3-5-7-9-11-13-14-15-16-17-18-19-20-21-22-23-24-25-26-27-28-29-30-31-33-35-37-39-41-45(49)46-43(42-47)44(48)40-38-36-34-32-12-10-8-6-4-2/h4,6,12,21-22,32,38,40,43-44,47-48H,3,5,7-11,13-20,23-31,33-37,39,41-42H2,1-2H3,(H,46,49)/b6-4+,22-21-,32-12+,40-38+. The Kier molecular flexibility index (Phi) is 39.4. The topological polar surface area (TPSA) is 69.6 Å². The average molecular weight is 686 g/mol. The van der Waals surface area contributed by atoms with Gasteiger partial charge in [0.2, 0.25) is 5.91 Å². The molecule has 0 saturated carbocycles. The molecule has 0 aromatic heterocycles. The zero-order valence-corrected chi connectivity index (χ0v) is 32.7. The number of carbonyl (C=O) groups is 1. The van der Waals surface area contributed by atoms with Crippen molar-refractivity contribution in [3.8, 4) is 0 Å². The molecule has 1 amide bonds. The van der Waals surface area contributed by atoms with Crippen LogP contribution in [-0.2, 0) is 4.79 Å². The van der Waals surface area contributed by atoms with Gasteiger partial charge in [-0.25, -0.2) is 0 Å². The van der Waals surface area contributed by atoms with Gasteiger partial charge >= 0.3 is 0 Å². The van der Waals surface area contributed by atoms with Gasteiger partial charge in [-0.1, -0.05) is 190 Å². The van der Waals surface area contributed by atoms with Crippen LogP contribution in [0.4, 0.5) is 0 Å². The van der Waals surface area contributed by atoms with E-state index in [4.69, 9.17) is 0 Å². The van der Waals surface area contributed by atoms with Crippen molar-refractivity contribution in [2.24, 2.45) is 0 Å². The Balaban J connectivity index is 3.47. The lowest BCUT2D eigenvalue weighted by atomic mass is 10.0. The summed E-state index contributed by atoms with van der Waals surface area (Å²) in [4.78, 5) is 12.3. The van der Waals surface area contributed by atoms with Crippen molar-refractivity contribution >= 4 is 5.91 Å². The lowest BCUT2D eigenvalue weighted by Crippen LogP contribution is -2.45. The highest BCUT2D eigenvalue weighted by atomic mass is 16.3. The molecule has 0 heterocycles. The maximum Gasteiger partial charge on any atom is 0.220 e. The fourth-order valence-electron chi connectivity index (χ4n) is 6.33. The highest BCUT2D eigenvalue weighted by Gasteiger charge is 2.17. The van der Waals surface area contributed by atoms with Crippen LogP contribution in [0.2, 0.25) is 0 Å². The summed E-state index contributed by atoms with van der Waals surface area (Å²) in [5, 5.41) is 22.8. The third-order valence-electron chi connectivity index (χ3n) is 9.61. The average Bonchev–Trinajstić information content (AvgIpc) is 3.10. The van der Waals surface area contributed by atoms with Crippen LogP contribution in [0.1, 0.15) is 213 Å². The molecule has 0 aromatic carbocycles. The molecule has 49 heavy (non-hydrogen) atoms. The zero-order chi connectivity index (χ0) is 35.7. The first-order valence-corrected chi connectivity index (χ1v) is 21.3. The van der Waals surface area contributed by atoms with Crippen molar-refractivity contribution in [1.29, 1.82) is 0 Å². The minimum Gasteiger partial charge on any atom is -0.394 e. The van der Waals surface area contributed by atoms with Crippen molar-refractivity contribution < 1.29 is 15.0 Å². The van der Waals surface area contributed by atoms with Crippen LogP contribution in [0.25, 0.3) is 0 Å². The number of amides is 1. The number of nitrogens with one attached hydrogen (secondary N) is 1. The summed E-state index contributed by atoms with van der Waals surface area (Å²) in [5.74, 6) is -0.0820. The van der Waals surface area contributed by atoms with E-state index in [1.165, 1.54) is 154 Å². The molecule has 0 aliphatic rings. The van der Waals surface area contributed by atoms with Gasteiger partial charge in [-0.3, -0.25) is 4.79 Å². The molecule has 0 saturated heterocycles. The van der Waals surface area contributed by atoms with Crippen molar-refractivity contribution in [3.63, 3.8) is 0 Å². The number of hydrogen-bond acceptors (Lipinski definition) is 3. The molecule has 0 fully saturated rings. The molecule has 4 heteroatoms. The summed E-state index contributed by atoms with van der Waals surface area (Å²) in [6.45, 7) is 4.06. The second kappa shape index (κ2) is 40.8. The number of aliphatic hydroxyl groups excluding tert-OH is 2. The van der Waals surface area contributed by atoms with Crippen LogP contribution in [0.15, 0.2) is 48.6 Å². The van der Waals surface area contributed by atoms with Crippen LogP contribution < -0.4 is 5.32 Å². The molecule has 2 unspecified atom stereocenters. The molecule has 0 aromatic rings. The van der Waals surface area contributed by atoms with Crippen LogP contribution in [-0.4, -0.2) is 34.9 Å². The number of allylic oxidation sites excluding steroid dienone is 7. The summed E-state index contributed by atoms with van der Waals surface area (Å²) in [6.07, 6.45) is 55.4. The van der Waals surface area contributed by atoms with Crippen LogP contribution >= 0.6 is 0 Å². The summed E-state index contributed by atoms with van der Waals surface area (Å²) in [7, 11) is 0. The Morgan fingerprint density at radius 2 is 0.878 bits per heavy atom. The molecule has 286 valence electrons. The molecule has 2 atom stereocenters. The zero-order valence-electron chi connectivity index (χ0n) is 32.7. The first-order valence-electron chi connectivity index (χ1n) is 21.3. The Bertz CT molecular complexity index is 786. The van der Waals surface area contributed by atoms with Crippen molar-refractivity contribution in [2.45, 2.75) is 225 Å². The largest absolute Gasteiger partial charge is 0.394 e. The molecule has 3 N–H and O–H groups in total. The molecule has 0 aliphatic heterocycles. The highest BCUT2D eigenvalue weighted by molar-refractivity contribution is 5.76. The van der Waals surface area contributed by atoms with E-state index in [1.807, 2.05) is 13.0 Å². The smallest absolute Gasteiger partial charge is 0.220 e. The van der Waals surface area contributed by atoms with Gasteiger partial charge in [0.1, 0.15) is 0 Å². The number of rotatable bonds is 38. The van der Waals surface area contributed by atoms with Crippen LogP contribution in [0, 0.1) is 0 Å². The number of hydrogen-bond donors (Lipinski definition) is 3. The Morgan fingerprint density at radius 1 is 0.510 bits per heavy atom. The van der Waals surface area contributed by atoms with E-state index < -0.39 is 12.1 Å². The third kappa shape index (κ3) is 37.4. The molecule has 0 spiro atoms. The summed E-state index contributed by atoms with van der Waals surface area (Å²) >= 11 is 0. The SMILES string of the molecule is C/C=C/CC/C=C/CC/C=C/C(O)C(CO)NC(=O)CCCCCCCCCCCCCC/C=C\CCCCCCCCCCCCCC. The van der Waals surface area contributed by atoms with E-state index in [2.05, 4.69) is 48.7 Å². The summed E-state index contributed by atoms with van der Waals surface area (Å²) in [6, 6.07) is -0.643. The Hall–Kier alpha value is -1.65. The number of unbranched alkanes of at least 4 members (excludes halogenated alkanes) is 26. The predicted molar refractivity (Wildman–Crippen MR) is 216 cm³/mol. The van der Waals surface area contributed by atoms with E-state index in [0.29, 0.717) is 6.42 Å². The molecule has 4 nitrogen and oxygen atoms in total. The van der Waals surface area contributed by atoms with Gasteiger partial charge in [0.15, 0.2) is 0 Å². The first-order chi connectivity index (χ1) is 24.2. The van der Waals surface area contributed by atoms with Crippen molar-refractivity contribution in [3.05, 3.63) is 48.6 Å². The van der Waals surface area contributed by atoms with E-state index in [9.17, 15) is 15.0 Å². The van der Waals surface area contributed by atoms with E-state index in [0.717, 1.165) is 38.5 Å². The number of aliphatic hydroxyl groups is 2. The van der Waals surface area contributed by atoms with Gasteiger partial charge in [-0.15, -0.1) is 0 Å². The molecule has 0 bridgehead atoms. The minimum absolute atomic E-state index is 0.0820. The van der Waals surface area contributed by atoms with Gasteiger partial charge in [0, 0.05) is 6.42 Å². The number of carbonyl (C=O) groups excluding carboxylic acids is 1. The minimum atomic E-state index is -0.867. The van der Waals surface area contributed by atoms with E-state index in [-0.39, 0.29) is 12.5 Å².